The van der Waals surface area contributed by atoms with Gasteiger partial charge in [0.2, 0.25) is 5.91 Å². The fourth-order valence-electron chi connectivity index (χ4n) is 3.95. The Kier molecular flexibility index (Phi) is 5.62. The average Bonchev–Trinajstić information content (AvgIpc) is 3.24. The Balaban J connectivity index is 1.24. The molecule has 0 bridgehead atoms. The standard InChI is InChI=1S/C21H23N3O4S/c25-18(4-2-1-3-17-19-16(11-29-17)23-21(28)24-19)22-15-8-7-12-9-14(20(26)27)6-5-13(12)10-15/h5-10,16-17,19H,1-4,11H2,(H,22,25)(H,26,27)(H2,23,24,28)/t16-,17-,19-/m0/s1. The van der Waals surface area contributed by atoms with Gasteiger partial charge in [0.25, 0.3) is 0 Å². The molecule has 0 unspecified atom stereocenters. The fourth-order valence-corrected chi connectivity index (χ4v) is 5.50. The number of aromatic carboxylic acids is 1. The van der Waals surface area contributed by atoms with Crippen molar-refractivity contribution in [3.63, 3.8) is 0 Å². The summed E-state index contributed by atoms with van der Waals surface area (Å²) in [6, 6.07) is 10.8. The first-order valence-corrected chi connectivity index (χ1v) is 10.8. The topological polar surface area (TPSA) is 108 Å². The number of carbonyl (C=O) groups is 3. The minimum Gasteiger partial charge on any atom is -0.478 e. The minimum atomic E-state index is -0.956. The lowest BCUT2D eigenvalue weighted by Gasteiger charge is -2.16. The molecule has 2 aliphatic heterocycles. The van der Waals surface area contributed by atoms with Crippen LogP contribution in [0.2, 0.25) is 0 Å². The molecule has 0 aromatic heterocycles. The molecule has 2 aromatic carbocycles. The maximum absolute atomic E-state index is 12.3. The van der Waals surface area contributed by atoms with Gasteiger partial charge in [-0.3, -0.25) is 4.79 Å². The molecule has 2 heterocycles. The molecule has 2 aromatic rings. The number of rotatable bonds is 7. The van der Waals surface area contributed by atoms with E-state index in [2.05, 4.69) is 16.0 Å². The van der Waals surface area contributed by atoms with Crippen LogP contribution in [0.25, 0.3) is 10.8 Å². The van der Waals surface area contributed by atoms with Gasteiger partial charge in [-0.05, 0) is 47.9 Å². The smallest absolute Gasteiger partial charge is 0.335 e. The molecule has 2 aliphatic rings. The van der Waals surface area contributed by atoms with Gasteiger partial charge < -0.3 is 21.1 Å². The number of nitrogens with one attached hydrogen (secondary N) is 3. The van der Waals surface area contributed by atoms with Gasteiger partial charge in [0, 0.05) is 23.1 Å². The average molecular weight is 413 g/mol. The van der Waals surface area contributed by atoms with Crippen LogP contribution < -0.4 is 16.0 Å². The third kappa shape index (κ3) is 4.48. The first kappa shape index (κ1) is 19.6. The number of hydrogen-bond acceptors (Lipinski definition) is 4. The number of carboxylic acid groups (broad SMARTS) is 1. The summed E-state index contributed by atoms with van der Waals surface area (Å²) in [6.07, 6.45) is 3.19. The van der Waals surface area contributed by atoms with Crippen molar-refractivity contribution >= 4 is 46.1 Å². The van der Waals surface area contributed by atoms with E-state index in [1.54, 1.807) is 24.3 Å². The van der Waals surface area contributed by atoms with Gasteiger partial charge in [0.1, 0.15) is 0 Å². The largest absolute Gasteiger partial charge is 0.478 e. The molecule has 3 atom stereocenters. The molecule has 4 N–H and O–H groups in total. The van der Waals surface area contributed by atoms with E-state index in [-0.39, 0.29) is 29.6 Å². The molecule has 8 heteroatoms. The number of carbonyl (C=O) groups excluding carboxylic acids is 2. The molecule has 3 amide bonds. The Morgan fingerprint density at radius 3 is 2.72 bits per heavy atom. The molecule has 0 spiro atoms. The lowest BCUT2D eigenvalue weighted by Crippen LogP contribution is -2.36. The van der Waals surface area contributed by atoms with E-state index in [0.717, 1.165) is 35.8 Å². The molecule has 29 heavy (non-hydrogen) atoms. The van der Waals surface area contributed by atoms with Crippen LogP contribution in [0.1, 0.15) is 36.0 Å². The number of thioether (sulfide) groups is 1. The van der Waals surface area contributed by atoms with Gasteiger partial charge in [0.05, 0.1) is 17.6 Å². The number of fused-ring (bicyclic) bond motifs is 2. The SMILES string of the molecule is O=C(CCCC[C@@H]1SC[C@@H]2NC(=O)N[C@@H]21)Nc1ccc2cc(C(=O)O)ccc2c1. The maximum atomic E-state index is 12.3. The van der Waals surface area contributed by atoms with Crippen LogP contribution in [0, 0.1) is 0 Å². The Hall–Kier alpha value is -2.74. The predicted octanol–water partition coefficient (Wildman–Crippen LogP) is 3.20. The highest BCUT2D eigenvalue weighted by Gasteiger charge is 2.42. The fraction of sp³-hybridized carbons (Fsp3) is 0.381. The molecule has 4 rings (SSSR count). The summed E-state index contributed by atoms with van der Waals surface area (Å²) in [6.45, 7) is 0. The Morgan fingerprint density at radius 2 is 1.90 bits per heavy atom. The summed E-state index contributed by atoms with van der Waals surface area (Å²) in [5, 5.41) is 20.0. The quantitative estimate of drug-likeness (QED) is 0.412. The van der Waals surface area contributed by atoms with Crippen molar-refractivity contribution in [3.05, 3.63) is 42.0 Å². The van der Waals surface area contributed by atoms with Crippen LogP contribution in [0.3, 0.4) is 0 Å². The highest BCUT2D eigenvalue weighted by Crippen LogP contribution is 2.33. The molecule has 2 fully saturated rings. The molecular formula is C21H23N3O4S. The number of urea groups is 1. The predicted molar refractivity (Wildman–Crippen MR) is 113 cm³/mol. The first-order chi connectivity index (χ1) is 14.0. The third-order valence-corrected chi connectivity index (χ3v) is 6.96. The van der Waals surface area contributed by atoms with Crippen molar-refractivity contribution in [2.24, 2.45) is 0 Å². The minimum absolute atomic E-state index is 0.0284. The normalized spacial score (nSPS) is 22.8. The molecule has 0 saturated carbocycles. The Labute approximate surface area is 172 Å². The first-order valence-electron chi connectivity index (χ1n) is 9.75. The number of hydrogen-bond donors (Lipinski definition) is 4. The zero-order valence-electron chi connectivity index (χ0n) is 15.8. The van der Waals surface area contributed by atoms with E-state index in [0.29, 0.717) is 17.4 Å². The van der Waals surface area contributed by atoms with E-state index >= 15 is 0 Å². The van der Waals surface area contributed by atoms with Crippen molar-refractivity contribution < 1.29 is 19.5 Å². The summed E-state index contributed by atoms with van der Waals surface area (Å²) in [5.41, 5.74) is 0.952. The van der Waals surface area contributed by atoms with Crippen LogP contribution in [0.15, 0.2) is 36.4 Å². The van der Waals surface area contributed by atoms with Crippen molar-refractivity contribution in [2.45, 2.75) is 43.0 Å². The van der Waals surface area contributed by atoms with Crippen LogP contribution in [0.5, 0.6) is 0 Å². The highest BCUT2D eigenvalue weighted by molar-refractivity contribution is 8.00. The van der Waals surface area contributed by atoms with Crippen molar-refractivity contribution in [1.29, 1.82) is 0 Å². The lowest BCUT2D eigenvalue weighted by molar-refractivity contribution is -0.116. The van der Waals surface area contributed by atoms with Crippen molar-refractivity contribution in [1.82, 2.24) is 10.6 Å². The van der Waals surface area contributed by atoms with E-state index in [1.165, 1.54) is 0 Å². The lowest BCUT2D eigenvalue weighted by atomic mass is 10.0. The van der Waals surface area contributed by atoms with Crippen molar-refractivity contribution in [3.8, 4) is 0 Å². The molecule has 7 nitrogen and oxygen atoms in total. The molecule has 0 aliphatic carbocycles. The summed E-state index contributed by atoms with van der Waals surface area (Å²) < 4.78 is 0. The summed E-state index contributed by atoms with van der Waals surface area (Å²) >= 11 is 1.89. The van der Waals surface area contributed by atoms with Crippen LogP contribution >= 0.6 is 11.8 Å². The number of carboxylic acids is 1. The van der Waals surface area contributed by atoms with Crippen LogP contribution in [0.4, 0.5) is 10.5 Å². The van der Waals surface area contributed by atoms with Gasteiger partial charge in [-0.25, -0.2) is 9.59 Å². The van der Waals surface area contributed by atoms with E-state index in [4.69, 9.17) is 5.11 Å². The Morgan fingerprint density at radius 1 is 1.10 bits per heavy atom. The van der Waals surface area contributed by atoms with E-state index in [9.17, 15) is 14.4 Å². The van der Waals surface area contributed by atoms with Crippen molar-refractivity contribution in [2.75, 3.05) is 11.1 Å². The third-order valence-electron chi connectivity index (χ3n) is 5.45. The van der Waals surface area contributed by atoms with Gasteiger partial charge in [-0.15, -0.1) is 0 Å². The zero-order chi connectivity index (χ0) is 20.4. The Bertz CT molecular complexity index is 964. The summed E-state index contributed by atoms with van der Waals surface area (Å²) in [7, 11) is 0. The highest BCUT2D eigenvalue weighted by atomic mass is 32.2. The van der Waals surface area contributed by atoms with E-state index in [1.807, 2.05) is 23.9 Å². The number of unbranched alkanes of at least 4 members (excludes halogenated alkanes) is 1. The van der Waals surface area contributed by atoms with Crippen LogP contribution in [-0.2, 0) is 4.79 Å². The second-order valence-electron chi connectivity index (χ2n) is 7.50. The maximum Gasteiger partial charge on any atom is 0.335 e. The van der Waals surface area contributed by atoms with E-state index < -0.39 is 5.97 Å². The second kappa shape index (κ2) is 8.32. The van der Waals surface area contributed by atoms with Gasteiger partial charge in [-0.1, -0.05) is 18.6 Å². The zero-order valence-corrected chi connectivity index (χ0v) is 16.6. The number of amides is 3. The molecule has 152 valence electrons. The summed E-state index contributed by atoms with van der Waals surface area (Å²) in [4.78, 5) is 34.7. The van der Waals surface area contributed by atoms with Gasteiger partial charge >= 0.3 is 12.0 Å². The molecule has 0 radical (unpaired) electrons. The monoisotopic (exact) mass is 413 g/mol. The number of anilines is 1. The second-order valence-corrected chi connectivity index (χ2v) is 8.77. The number of benzene rings is 2. The van der Waals surface area contributed by atoms with Crippen LogP contribution in [-0.4, -0.2) is 46.1 Å². The van der Waals surface area contributed by atoms with Gasteiger partial charge in [-0.2, -0.15) is 11.8 Å². The molecule has 2 saturated heterocycles. The molecular weight excluding hydrogens is 390 g/mol. The van der Waals surface area contributed by atoms with Gasteiger partial charge in [0.15, 0.2) is 0 Å². The summed E-state index contributed by atoms with van der Waals surface area (Å²) in [5.74, 6) is -0.0357.